The number of nitrogens with zero attached hydrogens (tertiary/aromatic N) is 2. The van der Waals surface area contributed by atoms with E-state index in [-0.39, 0.29) is 17.2 Å². The molecular formula is C16H19N3OS. The third kappa shape index (κ3) is 3.29. The van der Waals surface area contributed by atoms with E-state index in [2.05, 4.69) is 35.5 Å². The summed E-state index contributed by atoms with van der Waals surface area (Å²) in [5.41, 5.74) is 2.53. The van der Waals surface area contributed by atoms with Crippen LogP contribution in [0, 0.1) is 6.92 Å². The molecule has 1 amide bonds. The lowest BCUT2D eigenvalue weighted by Gasteiger charge is -2.16. The Bertz CT molecular complexity index is 639. The van der Waals surface area contributed by atoms with Gasteiger partial charge in [0.2, 0.25) is 5.91 Å². The van der Waals surface area contributed by atoms with Crippen molar-refractivity contribution >= 4 is 17.7 Å². The summed E-state index contributed by atoms with van der Waals surface area (Å²) in [4.78, 5) is 13.6. The summed E-state index contributed by atoms with van der Waals surface area (Å²) in [5, 5.41) is 7.24. The van der Waals surface area contributed by atoms with E-state index in [1.165, 1.54) is 16.0 Å². The number of aryl methyl sites for hydroxylation is 1. The van der Waals surface area contributed by atoms with E-state index in [1.807, 2.05) is 23.9 Å². The maximum Gasteiger partial charge on any atom is 0.234 e. The van der Waals surface area contributed by atoms with Crippen LogP contribution in [0.15, 0.2) is 41.6 Å². The molecule has 2 atom stereocenters. The number of rotatable bonds is 4. The molecule has 5 heteroatoms. The van der Waals surface area contributed by atoms with Gasteiger partial charge in [0.05, 0.1) is 11.8 Å². The van der Waals surface area contributed by atoms with Crippen molar-refractivity contribution in [1.29, 1.82) is 0 Å². The standard InChI is InChI=1S/C16H19N3OS/c1-11-4-5-13-9-15(21-14(13)8-11)16(20)18-12(2)10-19-7-3-6-17-19/h3-8,12,15H,9-10H2,1-2H3,(H,18,20)/t12-,15+/m0/s1. The first-order chi connectivity index (χ1) is 10.1. The van der Waals surface area contributed by atoms with Gasteiger partial charge in [0.25, 0.3) is 0 Å². The maximum atomic E-state index is 12.4. The lowest BCUT2D eigenvalue weighted by Crippen LogP contribution is -2.40. The zero-order valence-electron chi connectivity index (χ0n) is 12.2. The maximum absolute atomic E-state index is 12.4. The highest BCUT2D eigenvalue weighted by atomic mass is 32.2. The number of hydrogen-bond acceptors (Lipinski definition) is 3. The fourth-order valence-electron chi connectivity index (χ4n) is 2.55. The number of carbonyl (C=O) groups excluding carboxylic acids is 1. The summed E-state index contributed by atoms with van der Waals surface area (Å²) in [6.45, 7) is 4.79. The fourth-order valence-corrected chi connectivity index (χ4v) is 3.85. The molecule has 0 saturated carbocycles. The number of benzene rings is 1. The van der Waals surface area contributed by atoms with Gasteiger partial charge in [-0.05, 0) is 38.0 Å². The van der Waals surface area contributed by atoms with E-state index < -0.39 is 0 Å². The van der Waals surface area contributed by atoms with Crippen molar-refractivity contribution < 1.29 is 4.79 Å². The van der Waals surface area contributed by atoms with Crippen LogP contribution in [0.5, 0.6) is 0 Å². The highest BCUT2D eigenvalue weighted by molar-refractivity contribution is 8.01. The molecule has 0 saturated heterocycles. The molecule has 21 heavy (non-hydrogen) atoms. The molecule has 0 unspecified atom stereocenters. The normalized spacial score (nSPS) is 18.3. The smallest absolute Gasteiger partial charge is 0.234 e. The van der Waals surface area contributed by atoms with Gasteiger partial charge in [0, 0.05) is 23.3 Å². The first-order valence-corrected chi connectivity index (χ1v) is 8.04. The van der Waals surface area contributed by atoms with E-state index in [0.717, 1.165) is 6.42 Å². The van der Waals surface area contributed by atoms with Gasteiger partial charge in [-0.3, -0.25) is 9.48 Å². The molecule has 2 heterocycles. The molecule has 0 radical (unpaired) electrons. The number of carbonyl (C=O) groups is 1. The average molecular weight is 301 g/mol. The van der Waals surface area contributed by atoms with Crippen LogP contribution < -0.4 is 5.32 Å². The van der Waals surface area contributed by atoms with Gasteiger partial charge in [-0.15, -0.1) is 11.8 Å². The molecule has 2 aromatic rings. The minimum absolute atomic E-state index is 0.0122. The van der Waals surface area contributed by atoms with Gasteiger partial charge in [-0.1, -0.05) is 17.7 Å². The van der Waals surface area contributed by atoms with Gasteiger partial charge in [-0.25, -0.2) is 0 Å². The molecule has 0 bridgehead atoms. The SMILES string of the molecule is Cc1ccc2c(c1)S[C@@H](C(=O)N[C@@H](C)Cn1cccn1)C2. The van der Waals surface area contributed by atoms with Crippen molar-refractivity contribution in [3.05, 3.63) is 47.8 Å². The Hall–Kier alpha value is -1.75. The van der Waals surface area contributed by atoms with Crippen molar-refractivity contribution in [3.8, 4) is 0 Å². The van der Waals surface area contributed by atoms with Crippen LogP contribution >= 0.6 is 11.8 Å². The van der Waals surface area contributed by atoms with Gasteiger partial charge in [0.1, 0.15) is 0 Å². The first-order valence-electron chi connectivity index (χ1n) is 7.16. The minimum atomic E-state index is -0.0122. The number of hydrogen-bond donors (Lipinski definition) is 1. The van der Waals surface area contributed by atoms with Crippen LogP contribution in [0.4, 0.5) is 0 Å². The zero-order chi connectivity index (χ0) is 14.8. The second-order valence-corrected chi connectivity index (χ2v) is 6.80. The molecule has 0 aliphatic carbocycles. The first kappa shape index (κ1) is 14.2. The predicted molar refractivity (Wildman–Crippen MR) is 84.4 cm³/mol. The molecule has 4 nitrogen and oxygen atoms in total. The summed E-state index contributed by atoms with van der Waals surface area (Å²) >= 11 is 1.67. The second kappa shape index (κ2) is 5.93. The van der Waals surface area contributed by atoms with Crippen molar-refractivity contribution in [2.24, 2.45) is 0 Å². The molecule has 110 valence electrons. The Morgan fingerprint density at radius 3 is 3.19 bits per heavy atom. The Kier molecular flexibility index (Phi) is 4.01. The summed E-state index contributed by atoms with van der Waals surface area (Å²) in [5.74, 6) is 0.119. The van der Waals surface area contributed by atoms with Crippen LogP contribution in [0.2, 0.25) is 0 Å². The number of aromatic nitrogens is 2. The number of thioether (sulfide) groups is 1. The van der Waals surface area contributed by atoms with Crippen molar-refractivity contribution in [1.82, 2.24) is 15.1 Å². The number of nitrogens with one attached hydrogen (secondary N) is 1. The summed E-state index contributed by atoms with van der Waals surface area (Å²) < 4.78 is 1.84. The third-order valence-electron chi connectivity index (χ3n) is 3.60. The summed E-state index contributed by atoms with van der Waals surface area (Å²) in [6.07, 6.45) is 4.48. The van der Waals surface area contributed by atoms with Gasteiger partial charge in [-0.2, -0.15) is 5.10 Å². The monoisotopic (exact) mass is 301 g/mol. The number of amides is 1. The molecule has 1 N–H and O–H groups in total. The number of fused-ring (bicyclic) bond motifs is 1. The molecule has 1 aromatic carbocycles. The minimum Gasteiger partial charge on any atom is -0.351 e. The quantitative estimate of drug-likeness (QED) is 0.943. The van der Waals surface area contributed by atoms with Crippen LogP contribution in [0.1, 0.15) is 18.1 Å². The molecule has 0 spiro atoms. The largest absolute Gasteiger partial charge is 0.351 e. The highest BCUT2D eigenvalue weighted by Gasteiger charge is 2.28. The highest BCUT2D eigenvalue weighted by Crippen LogP contribution is 2.37. The van der Waals surface area contributed by atoms with Crippen molar-refractivity contribution in [2.75, 3.05) is 0 Å². The lowest BCUT2D eigenvalue weighted by atomic mass is 10.1. The van der Waals surface area contributed by atoms with E-state index in [4.69, 9.17) is 0 Å². The predicted octanol–water partition coefficient (Wildman–Crippen LogP) is 2.41. The van der Waals surface area contributed by atoms with Gasteiger partial charge in [0.15, 0.2) is 0 Å². The van der Waals surface area contributed by atoms with E-state index in [1.54, 1.807) is 18.0 Å². The topological polar surface area (TPSA) is 46.9 Å². The van der Waals surface area contributed by atoms with Crippen LogP contribution in [0.25, 0.3) is 0 Å². The van der Waals surface area contributed by atoms with Crippen molar-refractivity contribution in [2.45, 2.75) is 43.0 Å². The lowest BCUT2D eigenvalue weighted by molar-refractivity contribution is -0.121. The molecule has 1 aliphatic rings. The van der Waals surface area contributed by atoms with Crippen LogP contribution in [-0.2, 0) is 17.8 Å². The van der Waals surface area contributed by atoms with Crippen molar-refractivity contribution in [3.63, 3.8) is 0 Å². The Morgan fingerprint density at radius 2 is 2.43 bits per heavy atom. The van der Waals surface area contributed by atoms with Crippen LogP contribution in [-0.4, -0.2) is 27.0 Å². The van der Waals surface area contributed by atoms with E-state index >= 15 is 0 Å². The molecule has 1 aromatic heterocycles. The molecule has 0 fully saturated rings. The Balaban J connectivity index is 1.57. The molecule has 3 rings (SSSR count). The molecule has 1 aliphatic heterocycles. The average Bonchev–Trinajstić information content (AvgIpc) is 3.06. The molecular weight excluding hydrogens is 282 g/mol. The van der Waals surface area contributed by atoms with Crippen LogP contribution in [0.3, 0.4) is 0 Å². The zero-order valence-corrected chi connectivity index (χ0v) is 13.1. The van der Waals surface area contributed by atoms with Gasteiger partial charge >= 0.3 is 0 Å². The Morgan fingerprint density at radius 1 is 1.57 bits per heavy atom. The third-order valence-corrected chi connectivity index (χ3v) is 4.90. The summed E-state index contributed by atoms with van der Waals surface area (Å²) in [6, 6.07) is 8.38. The Labute approximate surface area is 128 Å². The van der Waals surface area contributed by atoms with E-state index in [0.29, 0.717) is 6.54 Å². The second-order valence-electron chi connectivity index (χ2n) is 5.56. The van der Waals surface area contributed by atoms with E-state index in [9.17, 15) is 4.79 Å². The van der Waals surface area contributed by atoms with Gasteiger partial charge < -0.3 is 5.32 Å². The summed E-state index contributed by atoms with van der Waals surface area (Å²) in [7, 11) is 0. The fraction of sp³-hybridized carbons (Fsp3) is 0.375.